The fourth-order valence-electron chi connectivity index (χ4n) is 5.04. The standard InChI is InChI=1S/C20H29F2N5O14P2S/c21-19(17(33)20(22,7-1-2-7)18(39-19)27-6-26-9-14(23)24-5-25-15(9)27)4-37-43(36,44)41-42(34,35)40-16-12(32)10(30)11(31)13(38-16)8(29)3-28/h5-8,10-13,16-18,28-33H,1-4H2,(H,34,35)(H,36,44)(H2,23,24,25)/t8-,10?,11?,12?,13?,16?,17+,18+,19+,20+,43?/m0/s1. The maximum absolute atomic E-state index is 16.5. The smallest absolute Gasteiger partial charge is 0.394 e. The lowest BCUT2D eigenvalue weighted by Gasteiger charge is -2.41. The number of thiol groups is 1. The summed E-state index contributed by atoms with van der Waals surface area (Å²) in [6, 6.07) is 0. The van der Waals surface area contributed by atoms with E-state index < -0.39 is 94.4 Å². The van der Waals surface area contributed by atoms with Gasteiger partial charge in [-0.2, -0.15) is 4.31 Å². The zero-order valence-corrected chi connectivity index (χ0v) is 24.8. The molecule has 1 aliphatic carbocycles. The van der Waals surface area contributed by atoms with Gasteiger partial charge in [-0.25, -0.2) is 32.9 Å². The van der Waals surface area contributed by atoms with Crippen LogP contribution in [0, 0.1) is 5.92 Å². The molecule has 2 aromatic rings. The molecule has 24 heteroatoms. The highest BCUT2D eigenvalue weighted by atomic mass is 32.7. The van der Waals surface area contributed by atoms with Crippen molar-refractivity contribution < 1.29 is 76.3 Å². The first-order chi connectivity index (χ1) is 20.4. The third kappa shape index (κ3) is 6.15. The van der Waals surface area contributed by atoms with Gasteiger partial charge in [0.2, 0.25) is 0 Å². The molecule has 0 bridgehead atoms. The molecular weight excluding hydrogens is 666 g/mol. The Bertz CT molecular complexity index is 1480. The van der Waals surface area contributed by atoms with Crippen LogP contribution in [0.2, 0.25) is 0 Å². The van der Waals surface area contributed by atoms with E-state index in [0.29, 0.717) is 0 Å². The molecule has 2 aliphatic heterocycles. The van der Waals surface area contributed by atoms with Crippen molar-refractivity contribution in [2.45, 2.75) is 73.5 Å². The van der Waals surface area contributed by atoms with Gasteiger partial charge in [0.1, 0.15) is 49.0 Å². The van der Waals surface area contributed by atoms with Gasteiger partial charge in [0.05, 0.1) is 12.9 Å². The van der Waals surface area contributed by atoms with Crippen molar-refractivity contribution in [1.82, 2.24) is 19.5 Å². The molecule has 248 valence electrons. The minimum absolute atomic E-state index is 0.0367. The molecule has 0 spiro atoms. The molecule has 5 rings (SSSR count). The van der Waals surface area contributed by atoms with Gasteiger partial charge < -0.3 is 50.7 Å². The van der Waals surface area contributed by atoms with Crippen LogP contribution in [0.1, 0.15) is 19.1 Å². The van der Waals surface area contributed by atoms with Gasteiger partial charge in [-0.3, -0.25) is 13.6 Å². The summed E-state index contributed by atoms with van der Waals surface area (Å²) in [4.78, 5) is 21.8. The molecular formula is C20H29F2N5O14P2S. The first-order valence-electron chi connectivity index (χ1n) is 12.8. The van der Waals surface area contributed by atoms with Crippen LogP contribution in [0.15, 0.2) is 12.7 Å². The Balaban J connectivity index is 1.30. The van der Waals surface area contributed by atoms with E-state index in [0.717, 1.165) is 17.2 Å². The number of ether oxygens (including phenoxy) is 2. The zero-order chi connectivity index (χ0) is 32.4. The maximum atomic E-state index is 16.5. The number of nitrogens with zero attached hydrogens (tertiary/aromatic N) is 4. The molecule has 19 nitrogen and oxygen atoms in total. The number of hydrogen-bond donors (Lipinski definition) is 9. The van der Waals surface area contributed by atoms with E-state index in [2.05, 4.69) is 36.0 Å². The molecule has 2 aromatic heterocycles. The molecule has 1 saturated carbocycles. The fourth-order valence-corrected chi connectivity index (χ4v) is 8.20. The highest BCUT2D eigenvalue weighted by Gasteiger charge is 2.72. The normalized spacial score (nSPS) is 39.6. The topological polar surface area (TPSA) is 292 Å². The molecule has 3 fully saturated rings. The summed E-state index contributed by atoms with van der Waals surface area (Å²) in [7, 11) is -5.67. The van der Waals surface area contributed by atoms with Crippen LogP contribution in [0.4, 0.5) is 14.6 Å². The zero-order valence-electron chi connectivity index (χ0n) is 22.1. The van der Waals surface area contributed by atoms with Crippen molar-refractivity contribution in [3.05, 3.63) is 12.7 Å². The number of hydrogen-bond acceptors (Lipinski definition) is 17. The predicted octanol–water partition coefficient (Wildman–Crippen LogP) is -1.57. The largest absolute Gasteiger partial charge is 0.482 e. The van der Waals surface area contributed by atoms with Gasteiger partial charge in [0, 0.05) is 5.92 Å². The van der Waals surface area contributed by atoms with E-state index in [4.69, 9.17) is 24.8 Å². The molecule has 44 heavy (non-hydrogen) atoms. The van der Waals surface area contributed by atoms with Crippen LogP contribution >= 0.6 is 26.9 Å². The summed E-state index contributed by atoms with van der Waals surface area (Å²) in [6.45, 7) is -7.72. The lowest BCUT2D eigenvalue weighted by molar-refractivity contribution is -0.292. The molecule has 4 heterocycles. The summed E-state index contributed by atoms with van der Waals surface area (Å²) in [5, 5.41) is 59.7. The van der Waals surface area contributed by atoms with Gasteiger partial charge in [-0.05, 0) is 12.8 Å². The third-order valence-corrected chi connectivity index (χ3v) is 11.0. The SMILES string of the molecule is Nc1ncnc2c1ncn2[C@@H]1O[C@](F)(COP(=O)(S)OP(=O)(O)OC2OC([C@@H](O)CO)C(O)C(O)C2O)[C@@H](O)[C@]1(F)C1CC1. The Morgan fingerprint density at radius 3 is 2.48 bits per heavy atom. The molecule has 0 aromatic carbocycles. The summed E-state index contributed by atoms with van der Waals surface area (Å²) < 4.78 is 82.9. The molecule has 9 N–H and O–H groups in total. The molecule has 2 saturated heterocycles. The number of phosphoric ester groups is 1. The van der Waals surface area contributed by atoms with Gasteiger partial charge in [0.15, 0.2) is 35.8 Å². The second kappa shape index (κ2) is 12.0. The first kappa shape index (κ1) is 33.9. The minimum Gasteiger partial charge on any atom is -0.394 e. The molecule has 0 amide bonds. The van der Waals surface area contributed by atoms with Crippen molar-refractivity contribution >= 4 is 43.9 Å². The van der Waals surface area contributed by atoms with Gasteiger partial charge in [-0.1, -0.05) is 12.2 Å². The Labute approximate surface area is 250 Å². The number of aromatic nitrogens is 4. The quantitative estimate of drug-likeness (QED) is 0.0948. The van der Waals surface area contributed by atoms with E-state index in [1.54, 1.807) is 0 Å². The lowest BCUT2D eigenvalue weighted by Crippen LogP contribution is -2.61. The van der Waals surface area contributed by atoms with Gasteiger partial charge in [0.25, 0.3) is 5.85 Å². The number of anilines is 1. The van der Waals surface area contributed by atoms with E-state index in [-0.39, 0.29) is 29.8 Å². The van der Waals surface area contributed by atoms with Gasteiger partial charge in [-0.15, -0.1) is 0 Å². The third-order valence-electron chi connectivity index (χ3n) is 7.40. The van der Waals surface area contributed by atoms with Crippen molar-refractivity contribution in [2.24, 2.45) is 5.92 Å². The van der Waals surface area contributed by atoms with Crippen molar-refractivity contribution in [3.8, 4) is 0 Å². The number of alkyl halides is 2. The minimum atomic E-state index is -5.67. The van der Waals surface area contributed by atoms with Crippen LogP contribution in [-0.2, 0) is 32.0 Å². The average molecular weight is 695 g/mol. The molecule has 0 radical (unpaired) electrons. The average Bonchev–Trinajstić information content (AvgIpc) is 3.69. The second-order valence-corrected chi connectivity index (χ2v) is 14.9. The number of nitrogen functional groups attached to an aromatic ring is 1. The Morgan fingerprint density at radius 2 is 1.84 bits per heavy atom. The maximum Gasteiger partial charge on any atom is 0.482 e. The van der Waals surface area contributed by atoms with Crippen LogP contribution in [-0.4, -0.2) is 123 Å². The highest BCUT2D eigenvalue weighted by Crippen LogP contribution is 2.67. The summed E-state index contributed by atoms with van der Waals surface area (Å²) in [6.07, 6.45) is -14.2. The van der Waals surface area contributed by atoms with Crippen molar-refractivity contribution in [1.29, 1.82) is 0 Å². The van der Waals surface area contributed by atoms with Crippen LogP contribution < -0.4 is 5.73 Å². The molecule has 12 atom stereocenters. The summed E-state index contributed by atoms with van der Waals surface area (Å²) in [5.74, 6) is -4.40. The predicted molar refractivity (Wildman–Crippen MR) is 141 cm³/mol. The summed E-state index contributed by atoms with van der Waals surface area (Å²) in [5.41, 5.74) is 2.95. The van der Waals surface area contributed by atoms with Crippen LogP contribution in [0.5, 0.6) is 0 Å². The molecule has 3 aliphatic rings. The number of halogens is 2. The Morgan fingerprint density at radius 1 is 1.16 bits per heavy atom. The van der Waals surface area contributed by atoms with Gasteiger partial charge >= 0.3 is 14.6 Å². The van der Waals surface area contributed by atoms with E-state index >= 15 is 8.78 Å². The van der Waals surface area contributed by atoms with E-state index in [1.165, 1.54) is 0 Å². The lowest BCUT2D eigenvalue weighted by atomic mass is 9.90. The van der Waals surface area contributed by atoms with Crippen LogP contribution in [0.3, 0.4) is 0 Å². The number of rotatable bonds is 11. The first-order valence-corrected chi connectivity index (χ1v) is 17.0. The number of nitrogens with two attached hydrogens (primary N) is 1. The number of fused-ring (bicyclic) bond motifs is 1. The Kier molecular flexibility index (Phi) is 9.22. The Hall–Kier alpha value is -1.46. The van der Waals surface area contributed by atoms with Crippen LogP contribution in [0.25, 0.3) is 11.2 Å². The molecule has 7 unspecified atom stereocenters. The summed E-state index contributed by atoms with van der Waals surface area (Å²) >= 11 is 3.49. The van der Waals surface area contributed by atoms with E-state index in [1.807, 2.05) is 0 Å². The number of aliphatic hydroxyl groups excluding tert-OH is 6. The fraction of sp³-hybridized carbons (Fsp3) is 0.750. The van der Waals surface area contributed by atoms with E-state index in [9.17, 15) is 39.6 Å². The monoisotopic (exact) mass is 695 g/mol. The number of aliphatic hydroxyl groups is 6. The second-order valence-electron chi connectivity index (χ2n) is 10.4. The highest BCUT2D eigenvalue weighted by molar-refractivity contribution is 8.45. The number of phosphoric acid groups is 1. The number of imidazole rings is 1. The van der Waals surface area contributed by atoms with Crippen molar-refractivity contribution in [3.63, 3.8) is 0 Å². The van der Waals surface area contributed by atoms with Crippen molar-refractivity contribution in [2.75, 3.05) is 18.9 Å².